The van der Waals surface area contributed by atoms with Crippen LogP contribution in [0.15, 0.2) is 146 Å². The van der Waals surface area contributed by atoms with E-state index in [0.717, 1.165) is 33.4 Å². The summed E-state index contributed by atoms with van der Waals surface area (Å²) in [5, 5.41) is 57.9. The molecule has 9 heteroatoms. The molecule has 0 aromatic heterocycles. The average Bonchev–Trinajstić information content (AvgIpc) is 3.25. The van der Waals surface area contributed by atoms with Crippen molar-refractivity contribution in [3.63, 3.8) is 0 Å². The van der Waals surface area contributed by atoms with Gasteiger partial charge in [-0.05, 0) is 0 Å². The molecule has 6 aromatic rings. The van der Waals surface area contributed by atoms with Gasteiger partial charge in [0, 0.05) is 0 Å². The van der Waals surface area contributed by atoms with Gasteiger partial charge in [0.15, 0.2) is 0 Å². The maximum absolute atomic E-state index is 9.66. The van der Waals surface area contributed by atoms with Gasteiger partial charge in [0.25, 0.3) is 0 Å². The molecule has 0 radical (unpaired) electrons. The number of nitrogens with zero attached hydrogens (tertiary/aromatic N) is 6. The van der Waals surface area contributed by atoms with Gasteiger partial charge in [-0.25, -0.2) is 0 Å². The summed E-state index contributed by atoms with van der Waals surface area (Å²) in [5.74, 6) is 0. The second-order valence-electron chi connectivity index (χ2n) is 14.4. The molecule has 0 heterocycles. The van der Waals surface area contributed by atoms with Crippen molar-refractivity contribution in [3.8, 4) is 36.4 Å². The molecule has 7 nitrogen and oxygen atoms in total. The monoisotopic (exact) mass is 952 g/mol. The molecule has 0 aliphatic carbocycles. The number of rotatable bonds is 14. The molecule has 0 aliphatic rings. The Hall–Kier alpha value is -6.18. The van der Waals surface area contributed by atoms with Crippen molar-refractivity contribution in [2.75, 3.05) is 0 Å². The summed E-state index contributed by atoms with van der Waals surface area (Å²) in [6.07, 6.45) is 0. The third-order valence-corrected chi connectivity index (χ3v) is 47.2. The molecule has 0 spiro atoms. The number of nitriles is 6. The van der Waals surface area contributed by atoms with E-state index in [1.54, 1.807) is 0 Å². The molecular weight excluding hydrogens is 914 g/mol. The fraction of sp³-hybridized carbons (Fsp3) is 0.125. The Morgan fingerprint density at radius 2 is 0.404 bits per heavy atom. The number of benzene rings is 6. The van der Waals surface area contributed by atoms with Gasteiger partial charge in [-0.3, -0.25) is 0 Å². The molecule has 0 atom stereocenters. The SMILES string of the molecule is N#Cc1ccc([CH2][Sn]([CH2]c2ccc(C#N)cc2)([CH2]c2ccc(C#N)cc2)[O][Sn]([CH2]c2ccc(C#N)cc2)([CH2]c2ccc(C#N)cc2)[CH2]c2ccc(C#N)cc2)cc1. The van der Waals surface area contributed by atoms with Crippen molar-refractivity contribution in [1.29, 1.82) is 31.6 Å². The van der Waals surface area contributed by atoms with E-state index >= 15 is 0 Å². The molecule has 0 aliphatic heterocycles. The first kappa shape index (κ1) is 40.5. The van der Waals surface area contributed by atoms with Crippen molar-refractivity contribution in [2.24, 2.45) is 0 Å². The molecule has 0 bridgehead atoms. The van der Waals surface area contributed by atoms with Gasteiger partial charge in [0.2, 0.25) is 0 Å². The van der Waals surface area contributed by atoms with Crippen LogP contribution < -0.4 is 0 Å². The summed E-state index contributed by atoms with van der Waals surface area (Å²) in [6, 6.07) is 60.1. The molecule has 6 rings (SSSR count). The Bertz CT molecular complexity index is 2110. The first-order valence-electron chi connectivity index (χ1n) is 18.4. The van der Waals surface area contributed by atoms with Gasteiger partial charge in [-0.2, -0.15) is 0 Å². The first-order valence-corrected chi connectivity index (χ1v) is 32.9. The normalized spacial score (nSPS) is 10.8. The topological polar surface area (TPSA) is 152 Å². The van der Waals surface area contributed by atoms with Crippen LogP contribution in [0.25, 0.3) is 0 Å². The van der Waals surface area contributed by atoms with Crippen LogP contribution in [-0.4, -0.2) is 37.6 Å². The van der Waals surface area contributed by atoms with Crippen LogP contribution in [0.2, 0.25) is 0 Å². The zero-order valence-electron chi connectivity index (χ0n) is 31.2. The zero-order valence-corrected chi connectivity index (χ0v) is 36.9. The van der Waals surface area contributed by atoms with E-state index in [2.05, 4.69) is 36.4 Å². The molecule has 0 saturated heterocycles. The van der Waals surface area contributed by atoms with Crippen molar-refractivity contribution in [3.05, 3.63) is 212 Å². The van der Waals surface area contributed by atoms with Crippen molar-refractivity contribution >= 4 is 37.6 Å². The predicted octanol–water partition coefficient (Wildman–Crippen LogP) is 8.82. The van der Waals surface area contributed by atoms with E-state index < -0.39 is 37.6 Å². The molecule has 6 aromatic carbocycles. The van der Waals surface area contributed by atoms with E-state index in [1.165, 1.54) is 0 Å². The Kier molecular flexibility index (Phi) is 13.6. The summed E-state index contributed by atoms with van der Waals surface area (Å²) in [4.78, 5) is 0. The summed E-state index contributed by atoms with van der Waals surface area (Å²) >= 11 is -8.38. The summed E-state index contributed by atoms with van der Waals surface area (Å²) in [5.41, 5.74) is 9.99. The summed E-state index contributed by atoms with van der Waals surface area (Å²) in [6.45, 7) is 0. The van der Waals surface area contributed by atoms with Gasteiger partial charge < -0.3 is 0 Å². The van der Waals surface area contributed by atoms with Crippen molar-refractivity contribution in [1.82, 2.24) is 0 Å². The second-order valence-corrected chi connectivity index (χ2v) is 38.4. The quantitative estimate of drug-likeness (QED) is 0.0990. The third-order valence-electron chi connectivity index (χ3n) is 10.1. The van der Waals surface area contributed by atoms with Crippen LogP contribution in [0.5, 0.6) is 0 Å². The Balaban J connectivity index is 1.60. The van der Waals surface area contributed by atoms with E-state index in [4.69, 9.17) is 1.41 Å². The fourth-order valence-electron chi connectivity index (χ4n) is 7.47. The van der Waals surface area contributed by atoms with Gasteiger partial charge in [-0.15, -0.1) is 0 Å². The zero-order chi connectivity index (χ0) is 40.1. The number of hydrogen-bond donors (Lipinski definition) is 0. The van der Waals surface area contributed by atoms with Crippen LogP contribution in [0.1, 0.15) is 66.8 Å². The van der Waals surface area contributed by atoms with Crippen LogP contribution in [0.4, 0.5) is 0 Å². The minimum absolute atomic E-state index is 0.579. The van der Waals surface area contributed by atoms with Gasteiger partial charge in [-0.1, -0.05) is 0 Å². The maximum atomic E-state index is 9.66. The standard InChI is InChI=1S/6C8H6N.O.2Sn/c6*1-7-2-4-8(6-9)5-3-7;;;/h6*2-5H,1H2;;;. The Labute approximate surface area is 343 Å². The van der Waals surface area contributed by atoms with Gasteiger partial charge >= 0.3 is 346 Å². The molecular formula is C48H36N6OSn2. The molecule has 0 unspecified atom stereocenters. The van der Waals surface area contributed by atoms with E-state index in [0.29, 0.717) is 60.0 Å². The van der Waals surface area contributed by atoms with E-state index in [9.17, 15) is 31.6 Å². The van der Waals surface area contributed by atoms with Crippen molar-refractivity contribution in [2.45, 2.75) is 26.6 Å². The van der Waals surface area contributed by atoms with Crippen LogP contribution >= 0.6 is 0 Å². The van der Waals surface area contributed by atoms with Crippen LogP contribution in [0, 0.1) is 68.0 Å². The summed E-state index contributed by atoms with van der Waals surface area (Å²) < 4.78 is 12.6. The fourth-order valence-corrected chi connectivity index (χ4v) is 56.1. The molecule has 57 heavy (non-hydrogen) atoms. The van der Waals surface area contributed by atoms with E-state index in [-0.39, 0.29) is 0 Å². The van der Waals surface area contributed by atoms with Crippen molar-refractivity contribution < 1.29 is 1.41 Å². The third kappa shape index (κ3) is 11.0. The summed E-state index contributed by atoms with van der Waals surface area (Å²) in [7, 11) is 0. The van der Waals surface area contributed by atoms with Crippen LogP contribution in [0.3, 0.4) is 0 Å². The Morgan fingerprint density at radius 3 is 0.526 bits per heavy atom. The van der Waals surface area contributed by atoms with E-state index in [1.807, 2.05) is 146 Å². The molecule has 0 saturated carbocycles. The molecule has 0 amide bonds. The molecule has 0 N–H and O–H groups in total. The predicted molar refractivity (Wildman–Crippen MR) is 222 cm³/mol. The second kappa shape index (κ2) is 19.1. The van der Waals surface area contributed by atoms with Gasteiger partial charge in [0.1, 0.15) is 0 Å². The molecule has 272 valence electrons. The van der Waals surface area contributed by atoms with Gasteiger partial charge in [0.05, 0.1) is 0 Å². The molecule has 0 fully saturated rings. The Morgan fingerprint density at radius 1 is 0.263 bits per heavy atom. The van der Waals surface area contributed by atoms with Crippen LogP contribution in [-0.2, 0) is 28.0 Å². The number of hydrogen-bond acceptors (Lipinski definition) is 7. The average molecular weight is 950 g/mol. The first-order chi connectivity index (χ1) is 27.8. The minimum atomic E-state index is -4.19.